The fourth-order valence-electron chi connectivity index (χ4n) is 3.44. The van der Waals surface area contributed by atoms with Crippen molar-refractivity contribution in [2.24, 2.45) is 0 Å². The number of aromatic amines is 1. The van der Waals surface area contributed by atoms with Crippen molar-refractivity contribution in [3.8, 4) is 5.75 Å². The van der Waals surface area contributed by atoms with Gasteiger partial charge in [-0.25, -0.2) is 18.4 Å². The van der Waals surface area contributed by atoms with E-state index in [9.17, 15) is 18.0 Å². The van der Waals surface area contributed by atoms with Gasteiger partial charge in [0.05, 0.1) is 23.1 Å². The summed E-state index contributed by atoms with van der Waals surface area (Å²) in [6.07, 6.45) is 3.64. The zero-order chi connectivity index (χ0) is 23.9. The van der Waals surface area contributed by atoms with Gasteiger partial charge in [0.15, 0.2) is 18.1 Å². The summed E-state index contributed by atoms with van der Waals surface area (Å²) in [6, 6.07) is 5.18. The molecule has 14 heteroatoms. The predicted octanol–water partition coefficient (Wildman–Crippen LogP) is 1.32. The molecule has 174 valence electrons. The number of aromatic nitrogens is 4. The number of carbonyl (C=O) groups is 2. The van der Waals surface area contributed by atoms with Crippen LogP contribution in [-0.2, 0) is 21.4 Å². The van der Waals surface area contributed by atoms with Crippen LogP contribution in [0, 0.1) is 6.92 Å². The average Bonchev–Trinajstić information content (AvgIpc) is 3.43. The molecule has 1 aliphatic heterocycles. The maximum atomic E-state index is 12.8. The summed E-state index contributed by atoms with van der Waals surface area (Å²) >= 11 is 0. The topological polar surface area (TPSA) is 181 Å². The quantitative estimate of drug-likeness (QED) is 0.314. The van der Waals surface area contributed by atoms with Crippen LogP contribution in [0.1, 0.15) is 21.8 Å². The Morgan fingerprint density at radius 3 is 2.91 bits per heavy atom. The number of aryl methyl sites for hydroxylation is 1. The van der Waals surface area contributed by atoms with Gasteiger partial charge in [-0.3, -0.25) is 14.3 Å². The van der Waals surface area contributed by atoms with Crippen molar-refractivity contribution >= 4 is 44.2 Å². The Balaban J connectivity index is 1.35. The maximum Gasteiger partial charge on any atom is 0.272 e. The third-order valence-corrected chi connectivity index (χ3v) is 6.51. The van der Waals surface area contributed by atoms with Crippen molar-refractivity contribution in [2.75, 3.05) is 16.6 Å². The van der Waals surface area contributed by atoms with E-state index >= 15 is 0 Å². The van der Waals surface area contributed by atoms with Gasteiger partial charge in [-0.1, -0.05) is 11.2 Å². The normalized spacial score (nSPS) is 13.1. The molecule has 5 rings (SSSR count). The minimum absolute atomic E-state index is 0.0335. The van der Waals surface area contributed by atoms with E-state index in [2.05, 4.69) is 35.5 Å². The zero-order valence-corrected chi connectivity index (χ0v) is 18.4. The number of hydrogen-bond donors (Lipinski definition) is 4. The molecule has 0 spiro atoms. The van der Waals surface area contributed by atoms with E-state index in [1.54, 1.807) is 18.2 Å². The lowest BCUT2D eigenvalue weighted by Crippen LogP contribution is -2.26. The van der Waals surface area contributed by atoms with Crippen molar-refractivity contribution in [1.82, 2.24) is 25.4 Å². The number of fused-ring (bicyclic) bond motifs is 2. The van der Waals surface area contributed by atoms with Crippen LogP contribution in [0.5, 0.6) is 5.75 Å². The lowest BCUT2D eigenvalue weighted by atomic mass is 10.1. The Morgan fingerprint density at radius 2 is 2.12 bits per heavy atom. The van der Waals surface area contributed by atoms with E-state index in [1.165, 1.54) is 19.4 Å². The molecule has 4 heterocycles. The van der Waals surface area contributed by atoms with E-state index in [0.717, 1.165) is 11.8 Å². The lowest BCUT2D eigenvalue weighted by Gasteiger charge is -2.18. The van der Waals surface area contributed by atoms with Crippen LogP contribution in [0.4, 0.5) is 11.4 Å². The SMILES string of the molecule is Cc1oncc1S(=O)(=O)Nc1c[nH]c2c(C(=O)NCc3ccc4c(c3)NC(=O)CO4)ncnc12. The van der Waals surface area contributed by atoms with E-state index in [4.69, 9.17) is 9.26 Å². The molecule has 0 bridgehead atoms. The van der Waals surface area contributed by atoms with Gasteiger partial charge >= 0.3 is 0 Å². The Bertz CT molecular complexity index is 1540. The largest absolute Gasteiger partial charge is 0.482 e. The number of nitrogens with zero attached hydrogens (tertiary/aromatic N) is 3. The minimum atomic E-state index is -3.98. The number of hydrogen-bond acceptors (Lipinski definition) is 9. The van der Waals surface area contributed by atoms with E-state index < -0.39 is 15.9 Å². The van der Waals surface area contributed by atoms with Gasteiger partial charge in [0.25, 0.3) is 21.8 Å². The highest BCUT2D eigenvalue weighted by Crippen LogP contribution is 2.29. The van der Waals surface area contributed by atoms with Crippen molar-refractivity contribution in [2.45, 2.75) is 18.4 Å². The number of ether oxygens (including phenoxy) is 1. The summed E-state index contributed by atoms with van der Waals surface area (Å²) in [4.78, 5) is 35.2. The number of benzene rings is 1. The molecule has 0 unspecified atom stereocenters. The molecule has 1 aliphatic rings. The molecular weight excluding hydrogens is 466 g/mol. The number of nitrogens with one attached hydrogen (secondary N) is 4. The minimum Gasteiger partial charge on any atom is -0.482 e. The second kappa shape index (κ2) is 8.15. The van der Waals surface area contributed by atoms with Gasteiger partial charge in [-0.2, -0.15) is 0 Å². The Morgan fingerprint density at radius 1 is 1.26 bits per heavy atom. The molecule has 4 aromatic rings. The molecule has 2 amide bonds. The number of H-pyrrole nitrogens is 1. The van der Waals surface area contributed by atoms with Crippen molar-refractivity contribution in [3.63, 3.8) is 0 Å². The summed E-state index contributed by atoms with van der Waals surface area (Å²) < 4.78 is 37.8. The second-order valence-electron chi connectivity index (χ2n) is 7.35. The fourth-order valence-corrected chi connectivity index (χ4v) is 4.60. The first-order chi connectivity index (χ1) is 16.3. The summed E-state index contributed by atoms with van der Waals surface area (Å²) in [5, 5.41) is 8.94. The maximum absolute atomic E-state index is 12.8. The van der Waals surface area contributed by atoms with Crippen molar-refractivity contribution < 1.29 is 27.3 Å². The summed E-state index contributed by atoms with van der Waals surface area (Å²) in [5.41, 5.74) is 1.89. The summed E-state index contributed by atoms with van der Waals surface area (Å²) in [6.45, 7) is 1.59. The molecule has 13 nitrogen and oxygen atoms in total. The Hall–Kier alpha value is -4.46. The first-order valence-electron chi connectivity index (χ1n) is 9.92. The lowest BCUT2D eigenvalue weighted by molar-refractivity contribution is -0.118. The average molecular weight is 483 g/mol. The second-order valence-corrected chi connectivity index (χ2v) is 9.00. The molecule has 3 aromatic heterocycles. The van der Waals surface area contributed by atoms with Crippen LogP contribution in [0.15, 0.2) is 46.3 Å². The van der Waals surface area contributed by atoms with Crippen molar-refractivity contribution in [1.29, 1.82) is 0 Å². The van der Waals surface area contributed by atoms with Gasteiger partial charge in [-0.05, 0) is 24.6 Å². The van der Waals surface area contributed by atoms with Gasteiger partial charge in [0, 0.05) is 12.7 Å². The third-order valence-electron chi connectivity index (χ3n) is 5.05. The molecule has 0 fully saturated rings. The van der Waals surface area contributed by atoms with Crippen LogP contribution in [0.3, 0.4) is 0 Å². The van der Waals surface area contributed by atoms with E-state index in [0.29, 0.717) is 11.4 Å². The highest BCUT2D eigenvalue weighted by Gasteiger charge is 2.24. The summed E-state index contributed by atoms with van der Waals surface area (Å²) in [7, 11) is -3.98. The molecular formula is C20H17N7O6S. The van der Waals surface area contributed by atoms with Gasteiger partial charge in [-0.15, -0.1) is 0 Å². The van der Waals surface area contributed by atoms with Gasteiger partial charge < -0.3 is 24.9 Å². The number of anilines is 2. The predicted molar refractivity (Wildman–Crippen MR) is 118 cm³/mol. The van der Waals surface area contributed by atoms with Gasteiger partial charge in [0.2, 0.25) is 0 Å². The van der Waals surface area contributed by atoms with Gasteiger partial charge in [0.1, 0.15) is 22.5 Å². The molecule has 0 atom stereocenters. The number of rotatable bonds is 6. The Labute approximate surface area is 192 Å². The standard InChI is InChI=1S/C20H17N7O6S/c1-10-15(7-25-33-10)34(30,31)27-13-6-21-18-17(13)23-9-24-19(18)20(29)22-5-11-2-3-14-12(4-11)26-16(28)8-32-14/h2-4,6-7,9,21,27H,5,8H2,1H3,(H,22,29)(H,26,28). The van der Waals surface area contributed by atoms with Crippen molar-refractivity contribution in [3.05, 3.63) is 53.9 Å². The number of amides is 2. The smallest absolute Gasteiger partial charge is 0.272 e. The van der Waals surface area contributed by atoms with E-state index in [-0.39, 0.29) is 52.1 Å². The zero-order valence-electron chi connectivity index (χ0n) is 17.6. The van der Waals surface area contributed by atoms with Crippen LogP contribution in [-0.4, -0.2) is 46.9 Å². The van der Waals surface area contributed by atoms with E-state index in [1.807, 2.05) is 0 Å². The van der Waals surface area contributed by atoms with Crippen LogP contribution >= 0.6 is 0 Å². The molecule has 0 aliphatic carbocycles. The Kier molecular flexibility index (Phi) is 5.13. The first kappa shape index (κ1) is 21.4. The summed E-state index contributed by atoms with van der Waals surface area (Å²) in [5.74, 6) is -0.0729. The molecule has 0 saturated heterocycles. The molecule has 4 N–H and O–H groups in total. The highest BCUT2D eigenvalue weighted by atomic mass is 32.2. The fraction of sp³-hybridized carbons (Fsp3) is 0.150. The molecule has 0 radical (unpaired) electrons. The van der Waals surface area contributed by atoms with Crippen LogP contribution < -0.4 is 20.1 Å². The molecule has 1 aromatic carbocycles. The third kappa shape index (κ3) is 3.90. The van der Waals surface area contributed by atoms with Crippen LogP contribution in [0.2, 0.25) is 0 Å². The van der Waals surface area contributed by atoms with Crippen LogP contribution in [0.25, 0.3) is 11.0 Å². The molecule has 0 saturated carbocycles. The highest BCUT2D eigenvalue weighted by molar-refractivity contribution is 7.92. The monoisotopic (exact) mass is 483 g/mol. The number of carbonyl (C=O) groups excluding carboxylic acids is 2. The molecule has 34 heavy (non-hydrogen) atoms. The number of sulfonamides is 1. The first-order valence-corrected chi connectivity index (χ1v) is 11.4.